The van der Waals surface area contributed by atoms with Crippen LogP contribution < -0.4 is 10.6 Å². The van der Waals surface area contributed by atoms with Gasteiger partial charge in [0, 0.05) is 31.5 Å². The predicted octanol–water partition coefficient (Wildman–Crippen LogP) is 2.09. The number of imidazole rings is 1. The predicted molar refractivity (Wildman–Crippen MR) is 71.2 cm³/mol. The molecule has 1 unspecified atom stereocenters. The molecule has 1 fully saturated rings. The molecule has 96 valence electrons. The molecule has 0 bridgehead atoms. The van der Waals surface area contributed by atoms with Gasteiger partial charge < -0.3 is 15.2 Å². The third kappa shape index (κ3) is 2.80. The van der Waals surface area contributed by atoms with Gasteiger partial charge in [-0.3, -0.25) is 0 Å². The molecule has 0 radical (unpaired) electrons. The fourth-order valence-corrected chi connectivity index (χ4v) is 2.54. The second kappa shape index (κ2) is 5.08. The van der Waals surface area contributed by atoms with Crippen molar-refractivity contribution in [2.45, 2.75) is 46.2 Å². The summed E-state index contributed by atoms with van der Waals surface area (Å²) in [5.74, 6) is 0.982. The van der Waals surface area contributed by atoms with Crippen LogP contribution in [0.5, 0.6) is 0 Å². The normalized spacial score (nSPS) is 23.6. The van der Waals surface area contributed by atoms with E-state index in [1.807, 2.05) is 12.4 Å². The van der Waals surface area contributed by atoms with E-state index in [2.05, 4.69) is 41.0 Å². The Hall–Kier alpha value is -1.03. The Morgan fingerprint density at radius 3 is 3.12 bits per heavy atom. The van der Waals surface area contributed by atoms with E-state index in [0.717, 1.165) is 25.6 Å². The quantitative estimate of drug-likeness (QED) is 0.841. The van der Waals surface area contributed by atoms with Crippen LogP contribution in [0.2, 0.25) is 0 Å². The van der Waals surface area contributed by atoms with Gasteiger partial charge in [0.15, 0.2) is 0 Å². The molecule has 1 aliphatic rings. The Balaban J connectivity index is 1.93. The molecule has 0 saturated carbocycles. The second-order valence-corrected chi connectivity index (χ2v) is 5.52. The summed E-state index contributed by atoms with van der Waals surface area (Å²) in [6.07, 6.45) is 6.45. The zero-order valence-electron chi connectivity index (χ0n) is 11.2. The van der Waals surface area contributed by atoms with Crippen molar-refractivity contribution in [1.29, 1.82) is 0 Å². The molecular weight excluding hydrogens is 212 g/mol. The number of nitrogens with one attached hydrogen (secondary N) is 2. The fourth-order valence-electron chi connectivity index (χ4n) is 2.54. The van der Waals surface area contributed by atoms with Gasteiger partial charge in [0.25, 0.3) is 0 Å². The van der Waals surface area contributed by atoms with Crippen LogP contribution >= 0.6 is 0 Å². The van der Waals surface area contributed by atoms with E-state index in [0.29, 0.717) is 11.5 Å². The summed E-state index contributed by atoms with van der Waals surface area (Å²) < 4.78 is 2.13. The molecule has 1 saturated heterocycles. The summed E-state index contributed by atoms with van der Waals surface area (Å²) in [4.78, 5) is 4.34. The molecule has 17 heavy (non-hydrogen) atoms. The first kappa shape index (κ1) is 12.4. The average Bonchev–Trinajstić information content (AvgIpc) is 2.74. The Labute approximate surface area is 104 Å². The summed E-state index contributed by atoms with van der Waals surface area (Å²) in [6, 6.07) is 0.526. The van der Waals surface area contributed by atoms with Gasteiger partial charge in [0.2, 0.25) is 5.95 Å². The van der Waals surface area contributed by atoms with Crippen molar-refractivity contribution in [2.75, 3.05) is 18.4 Å². The van der Waals surface area contributed by atoms with E-state index in [4.69, 9.17) is 0 Å². The average molecular weight is 236 g/mol. The van der Waals surface area contributed by atoms with E-state index in [1.165, 1.54) is 12.8 Å². The molecule has 0 aliphatic carbocycles. The lowest BCUT2D eigenvalue weighted by atomic mass is 9.77. The molecule has 2 rings (SSSR count). The van der Waals surface area contributed by atoms with Crippen LogP contribution in [0.1, 0.15) is 33.6 Å². The third-order valence-electron chi connectivity index (χ3n) is 3.85. The van der Waals surface area contributed by atoms with Crippen molar-refractivity contribution >= 4 is 5.95 Å². The number of rotatable bonds is 4. The molecule has 0 amide bonds. The largest absolute Gasteiger partial charge is 0.354 e. The molecule has 2 N–H and O–H groups in total. The number of anilines is 1. The molecule has 2 heterocycles. The number of piperidine rings is 1. The maximum Gasteiger partial charge on any atom is 0.202 e. The Morgan fingerprint density at radius 2 is 2.41 bits per heavy atom. The first-order valence-electron chi connectivity index (χ1n) is 6.62. The Morgan fingerprint density at radius 1 is 1.59 bits per heavy atom. The van der Waals surface area contributed by atoms with Gasteiger partial charge in [0.05, 0.1) is 0 Å². The second-order valence-electron chi connectivity index (χ2n) is 5.52. The van der Waals surface area contributed by atoms with Crippen LogP contribution in [0.4, 0.5) is 5.95 Å². The summed E-state index contributed by atoms with van der Waals surface area (Å²) >= 11 is 0. The maximum atomic E-state index is 4.34. The van der Waals surface area contributed by atoms with Crippen LogP contribution in [0, 0.1) is 5.41 Å². The minimum absolute atomic E-state index is 0.370. The first-order valence-corrected chi connectivity index (χ1v) is 6.62. The van der Waals surface area contributed by atoms with Crippen molar-refractivity contribution < 1.29 is 0 Å². The van der Waals surface area contributed by atoms with Crippen molar-refractivity contribution in [1.82, 2.24) is 14.9 Å². The Bertz CT molecular complexity index is 356. The highest BCUT2D eigenvalue weighted by molar-refractivity contribution is 5.26. The maximum absolute atomic E-state index is 4.34. The lowest BCUT2D eigenvalue weighted by Gasteiger charge is -2.39. The summed E-state index contributed by atoms with van der Waals surface area (Å²) in [7, 11) is 0. The number of aryl methyl sites for hydroxylation is 1. The minimum Gasteiger partial charge on any atom is -0.354 e. The molecule has 1 aromatic heterocycles. The molecule has 0 spiro atoms. The van der Waals surface area contributed by atoms with Crippen molar-refractivity contribution in [3.05, 3.63) is 12.4 Å². The van der Waals surface area contributed by atoms with E-state index < -0.39 is 0 Å². The summed E-state index contributed by atoms with van der Waals surface area (Å²) in [5, 5.41) is 7.07. The number of aromatic nitrogens is 2. The lowest BCUT2D eigenvalue weighted by Crippen LogP contribution is -2.50. The zero-order valence-corrected chi connectivity index (χ0v) is 11.2. The van der Waals surface area contributed by atoms with Crippen molar-refractivity contribution in [3.8, 4) is 0 Å². The van der Waals surface area contributed by atoms with Crippen LogP contribution in [0.15, 0.2) is 12.4 Å². The van der Waals surface area contributed by atoms with Crippen LogP contribution in [-0.2, 0) is 6.54 Å². The van der Waals surface area contributed by atoms with Gasteiger partial charge >= 0.3 is 0 Å². The Kier molecular flexibility index (Phi) is 3.72. The van der Waals surface area contributed by atoms with Gasteiger partial charge in [-0.2, -0.15) is 0 Å². The molecule has 1 atom stereocenters. The monoisotopic (exact) mass is 236 g/mol. The highest BCUT2D eigenvalue weighted by Gasteiger charge is 2.31. The van der Waals surface area contributed by atoms with E-state index in [-0.39, 0.29) is 0 Å². The standard InChI is InChI=1S/C13H24N4/c1-4-17-9-8-15-12(17)16-10-11-13(2,3)6-5-7-14-11/h8-9,11,14H,4-7,10H2,1-3H3,(H,15,16). The number of hydrogen-bond acceptors (Lipinski definition) is 3. The molecule has 1 aromatic rings. The van der Waals surface area contributed by atoms with Gasteiger partial charge in [-0.05, 0) is 31.7 Å². The van der Waals surface area contributed by atoms with E-state index in [9.17, 15) is 0 Å². The van der Waals surface area contributed by atoms with Gasteiger partial charge in [0.1, 0.15) is 0 Å². The highest BCUT2D eigenvalue weighted by Crippen LogP contribution is 2.30. The molecule has 1 aliphatic heterocycles. The SMILES string of the molecule is CCn1ccnc1NCC1NCCCC1(C)C. The van der Waals surface area contributed by atoms with Crippen molar-refractivity contribution in [2.24, 2.45) is 5.41 Å². The smallest absolute Gasteiger partial charge is 0.202 e. The molecule has 0 aromatic carbocycles. The van der Waals surface area contributed by atoms with Gasteiger partial charge in [-0.25, -0.2) is 4.98 Å². The van der Waals surface area contributed by atoms with E-state index >= 15 is 0 Å². The minimum atomic E-state index is 0.370. The lowest BCUT2D eigenvalue weighted by molar-refractivity contribution is 0.188. The van der Waals surface area contributed by atoms with Gasteiger partial charge in [-0.15, -0.1) is 0 Å². The van der Waals surface area contributed by atoms with Gasteiger partial charge in [-0.1, -0.05) is 13.8 Å². The number of nitrogens with zero attached hydrogens (tertiary/aromatic N) is 2. The first-order chi connectivity index (χ1) is 8.13. The summed E-state index contributed by atoms with van der Waals surface area (Å²) in [5.41, 5.74) is 0.370. The molecule has 4 nitrogen and oxygen atoms in total. The number of hydrogen-bond donors (Lipinski definition) is 2. The van der Waals surface area contributed by atoms with Crippen LogP contribution in [0.25, 0.3) is 0 Å². The van der Waals surface area contributed by atoms with E-state index in [1.54, 1.807) is 0 Å². The highest BCUT2D eigenvalue weighted by atomic mass is 15.2. The zero-order chi connectivity index (χ0) is 12.3. The molecular formula is C13H24N4. The fraction of sp³-hybridized carbons (Fsp3) is 0.769. The summed E-state index contributed by atoms with van der Waals surface area (Å²) in [6.45, 7) is 9.87. The van der Waals surface area contributed by atoms with Crippen LogP contribution in [0.3, 0.4) is 0 Å². The molecule has 4 heteroatoms. The third-order valence-corrected chi connectivity index (χ3v) is 3.85. The van der Waals surface area contributed by atoms with Crippen LogP contribution in [-0.4, -0.2) is 28.7 Å². The topological polar surface area (TPSA) is 41.9 Å². The van der Waals surface area contributed by atoms with Crippen molar-refractivity contribution in [3.63, 3.8) is 0 Å².